The molecular formula is C22H28N4O3. The van der Waals surface area contributed by atoms with E-state index in [9.17, 15) is 4.79 Å². The van der Waals surface area contributed by atoms with Crippen LogP contribution in [0.5, 0.6) is 5.75 Å². The van der Waals surface area contributed by atoms with Gasteiger partial charge in [-0.05, 0) is 52.3 Å². The van der Waals surface area contributed by atoms with Crippen LogP contribution in [0.2, 0.25) is 0 Å². The summed E-state index contributed by atoms with van der Waals surface area (Å²) in [7, 11) is 1.76. The average molecular weight is 396 g/mol. The molecule has 1 aromatic carbocycles. The fourth-order valence-electron chi connectivity index (χ4n) is 3.35. The number of nitrogens with zero attached hydrogens (tertiary/aromatic N) is 4. The molecule has 0 radical (unpaired) electrons. The van der Waals surface area contributed by atoms with Crippen LogP contribution in [0.1, 0.15) is 51.3 Å². The third-order valence-corrected chi connectivity index (χ3v) is 5.13. The summed E-state index contributed by atoms with van der Waals surface area (Å²) in [6, 6.07) is 7.78. The zero-order chi connectivity index (χ0) is 21.1. The van der Waals surface area contributed by atoms with Crippen LogP contribution in [0.3, 0.4) is 0 Å². The molecule has 0 bridgehead atoms. The van der Waals surface area contributed by atoms with Gasteiger partial charge in [-0.3, -0.25) is 9.48 Å². The van der Waals surface area contributed by atoms with Gasteiger partial charge in [0.05, 0.1) is 11.3 Å². The zero-order valence-electron chi connectivity index (χ0n) is 17.9. The van der Waals surface area contributed by atoms with Crippen molar-refractivity contribution in [3.63, 3.8) is 0 Å². The highest BCUT2D eigenvalue weighted by Gasteiger charge is 2.25. The number of hydrogen-bond donors (Lipinski definition) is 0. The van der Waals surface area contributed by atoms with Gasteiger partial charge in [-0.15, -0.1) is 0 Å². The molecule has 154 valence electrons. The molecule has 0 aliphatic heterocycles. The molecule has 0 spiro atoms. The summed E-state index contributed by atoms with van der Waals surface area (Å²) in [5.41, 5.74) is 5.13. The lowest BCUT2D eigenvalue weighted by Gasteiger charge is -2.17. The number of carbonyl (C=O) groups is 1. The quantitative estimate of drug-likeness (QED) is 0.604. The van der Waals surface area contributed by atoms with E-state index >= 15 is 0 Å². The predicted octanol–water partition coefficient (Wildman–Crippen LogP) is 3.98. The normalized spacial score (nSPS) is 11.0. The molecule has 2 aromatic heterocycles. The van der Waals surface area contributed by atoms with Crippen molar-refractivity contribution in [2.24, 2.45) is 0 Å². The van der Waals surface area contributed by atoms with Crippen molar-refractivity contribution >= 4 is 5.91 Å². The van der Waals surface area contributed by atoms with Crippen LogP contribution in [0.4, 0.5) is 0 Å². The molecule has 2 heterocycles. The third-order valence-electron chi connectivity index (χ3n) is 5.13. The van der Waals surface area contributed by atoms with Gasteiger partial charge in [0.25, 0.3) is 5.91 Å². The van der Waals surface area contributed by atoms with Crippen molar-refractivity contribution in [3.8, 4) is 5.75 Å². The molecule has 3 aromatic rings. The first kappa shape index (κ1) is 20.6. The highest BCUT2D eigenvalue weighted by molar-refractivity contribution is 5.93. The molecule has 7 heteroatoms. The average Bonchev–Trinajstić information content (AvgIpc) is 3.19. The number of amides is 1. The van der Waals surface area contributed by atoms with Crippen LogP contribution in [0.15, 0.2) is 28.8 Å². The van der Waals surface area contributed by atoms with Gasteiger partial charge < -0.3 is 14.2 Å². The molecule has 1 amide bonds. The molecule has 3 rings (SSSR count). The molecule has 0 fully saturated rings. The minimum absolute atomic E-state index is 0.201. The minimum atomic E-state index is -0.201. The maximum atomic E-state index is 13.1. The summed E-state index contributed by atoms with van der Waals surface area (Å²) < 4.78 is 13.1. The van der Waals surface area contributed by atoms with Gasteiger partial charge in [0, 0.05) is 31.4 Å². The Morgan fingerprint density at radius 2 is 1.97 bits per heavy atom. The Kier molecular flexibility index (Phi) is 6.06. The Bertz CT molecular complexity index is 1020. The van der Waals surface area contributed by atoms with E-state index in [1.54, 1.807) is 18.9 Å². The fourth-order valence-corrected chi connectivity index (χ4v) is 3.35. The first-order valence-corrected chi connectivity index (χ1v) is 9.74. The van der Waals surface area contributed by atoms with Crippen LogP contribution in [-0.2, 0) is 19.7 Å². The first-order chi connectivity index (χ1) is 13.8. The number of aryl methyl sites for hydroxylation is 4. The van der Waals surface area contributed by atoms with E-state index in [0.29, 0.717) is 17.9 Å². The fraction of sp³-hybridized carbons (Fsp3) is 0.409. The third kappa shape index (κ3) is 4.34. The van der Waals surface area contributed by atoms with Crippen LogP contribution in [0, 0.1) is 27.7 Å². The second-order valence-electron chi connectivity index (χ2n) is 7.30. The summed E-state index contributed by atoms with van der Waals surface area (Å²) in [5.74, 6) is 1.13. The molecular weight excluding hydrogens is 368 g/mol. The van der Waals surface area contributed by atoms with Crippen LogP contribution in [-0.4, -0.2) is 32.8 Å². The second kappa shape index (κ2) is 8.51. The number of carbonyl (C=O) groups excluding carboxylic acids is 1. The van der Waals surface area contributed by atoms with Crippen molar-refractivity contribution in [1.29, 1.82) is 0 Å². The van der Waals surface area contributed by atoms with Crippen molar-refractivity contribution in [2.45, 2.75) is 54.3 Å². The van der Waals surface area contributed by atoms with Gasteiger partial charge in [-0.1, -0.05) is 17.3 Å². The molecule has 7 nitrogen and oxygen atoms in total. The second-order valence-corrected chi connectivity index (χ2v) is 7.30. The smallest absolute Gasteiger partial charge is 0.276 e. The maximum Gasteiger partial charge on any atom is 0.276 e. The number of benzene rings is 1. The van der Waals surface area contributed by atoms with Gasteiger partial charge in [-0.2, -0.15) is 5.10 Å². The molecule has 0 unspecified atom stereocenters. The van der Waals surface area contributed by atoms with Gasteiger partial charge in [0.2, 0.25) is 0 Å². The lowest BCUT2D eigenvalue weighted by Crippen LogP contribution is -2.28. The van der Waals surface area contributed by atoms with Gasteiger partial charge in [0.15, 0.2) is 5.69 Å². The molecule has 0 saturated carbocycles. The summed E-state index contributed by atoms with van der Waals surface area (Å²) in [4.78, 5) is 14.7. The topological polar surface area (TPSA) is 73.4 Å². The monoisotopic (exact) mass is 396 g/mol. The van der Waals surface area contributed by atoms with Gasteiger partial charge in [0.1, 0.15) is 18.1 Å². The first-order valence-electron chi connectivity index (χ1n) is 9.74. The molecule has 0 atom stereocenters. The van der Waals surface area contributed by atoms with Crippen LogP contribution < -0.4 is 4.74 Å². The summed E-state index contributed by atoms with van der Waals surface area (Å²) in [6.45, 7) is 11.3. The van der Waals surface area contributed by atoms with Gasteiger partial charge >= 0.3 is 0 Å². The van der Waals surface area contributed by atoms with Crippen molar-refractivity contribution in [2.75, 3.05) is 7.05 Å². The maximum absolute atomic E-state index is 13.1. The van der Waals surface area contributed by atoms with E-state index in [2.05, 4.69) is 17.2 Å². The predicted molar refractivity (Wildman–Crippen MR) is 110 cm³/mol. The Morgan fingerprint density at radius 3 is 2.62 bits per heavy atom. The van der Waals surface area contributed by atoms with E-state index in [0.717, 1.165) is 34.8 Å². The Balaban J connectivity index is 1.76. The van der Waals surface area contributed by atoms with Crippen molar-refractivity contribution in [1.82, 2.24) is 19.8 Å². The molecule has 0 aliphatic carbocycles. The Morgan fingerprint density at radius 1 is 1.21 bits per heavy atom. The lowest BCUT2D eigenvalue weighted by atomic mass is 10.1. The van der Waals surface area contributed by atoms with Crippen LogP contribution >= 0.6 is 0 Å². The molecule has 0 N–H and O–H groups in total. The lowest BCUT2D eigenvalue weighted by molar-refractivity contribution is 0.0772. The largest absolute Gasteiger partial charge is 0.489 e. The number of hydrogen-bond acceptors (Lipinski definition) is 5. The summed E-state index contributed by atoms with van der Waals surface area (Å²) in [5, 5.41) is 8.54. The molecule has 0 saturated heterocycles. The minimum Gasteiger partial charge on any atom is -0.489 e. The van der Waals surface area contributed by atoms with E-state index < -0.39 is 0 Å². The standard InChI is InChI=1S/C22H28N4O3/c1-7-26-16(4)19(15(3)23-26)12-25(6)22(27)21-20(17(5)29-24-21)13-28-18-10-8-9-14(2)11-18/h8-11H,7,12-13H2,1-6H3. The Hall–Kier alpha value is -3.09. The van der Waals surface area contributed by atoms with E-state index in [-0.39, 0.29) is 18.2 Å². The van der Waals surface area contributed by atoms with Crippen molar-refractivity contribution in [3.05, 3.63) is 63.8 Å². The van der Waals surface area contributed by atoms with Crippen LogP contribution in [0.25, 0.3) is 0 Å². The highest BCUT2D eigenvalue weighted by atomic mass is 16.5. The summed E-state index contributed by atoms with van der Waals surface area (Å²) >= 11 is 0. The van der Waals surface area contributed by atoms with Crippen molar-refractivity contribution < 1.29 is 14.1 Å². The molecule has 29 heavy (non-hydrogen) atoms. The number of aromatic nitrogens is 3. The molecule has 0 aliphatic rings. The van der Waals surface area contributed by atoms with E-state index in [1.165, 1.54) is 0 Å². The highest BCUT2D eigenvalue weighted by Crippen LogP contribution is 2.21. The van der Waals surface area contributed by atoms with E-state index in [4.69, 9.17) is 9.26 Å². The Labute approximate surface area is 171 Å². The van der Waals surface area contributed by atoms with Gasteiger partial charge in [-0.25, -0.2) is 0 Å². The SMILES string of the molecule is CCn1nc(C)c(CN(C)C(=O)c2noc(C)c2COc2cccc(C)c2)c1C. The number of rotatable bonds is 7. The van der Waals surface area contributed by atoms with E-state index in [1.807, 2.05) is 49.7 Å². The summed E-state index contributed by atoms with van der Waals surface area (Å²) in [6.07, 6.45) is 0. The number of ether oxygens (including phenoxy) is 1. The zero-order valence-corrected chi connectivity index (χ0v) is 17.9.